The zero-order chi connectivity index (χ0) is 18.9. The van der Waals surface area contributed by atoms with Gasteiger partial charge in [0.15, 0.2) is 9.84 Å². The van der Waals surface area contributed by atoms with Crippen LogP contribution in [-0.2, 0) is 9.84 Å². The highest BCUT2D eigenvalue weighted by atomic mass is 35.5. The van der Waals surface area contributed by atoms with Gasteiger partial charge in [0.2, 0.25) is 0 Å². The van der Waals surface area contributed by atoms with E-state index in [1.165, 1.54) is 31.0 Å². The molecular formula is C19H21ClN2O3S. The molecule has 0 saturated carbocycles. The Kier molecular flexibility index (Phi) is 5.25. The minimum Gasteiger partial charge on any atom is -0.372 e. The molecule has 1 fully saturated rings. The Bertz CT molecular complexity index is 951. The molecule has 0 unspecified atom stereocenters. The molecule has 1 N–H and O–H groups in total. The number of hydrogen-bond acceptors (Lipinski definition) is 4. The third-order valence-corrected chi connectivity index (χ3v) is 5.98. The molecule has 26 heavy (non-hydrogen) atoms. The average Bonchev–Trinajstić information content (AvgIpc) is 3.10. The molecule has 5 nitrogen and oxygen atoms in total. The standard InChI is InChI=1S/C19H21ClN2O3S/c1-13-11-14(22-9-3-4-10-22)5-8-18(13)21-19(23)16-12-15(26(2,24)25)6-7-17(16)20/h5-8,11-12H,3-4,9-10H2,1-2H3,(H,21,23). The second-order valence-electron chi connectivity index (χ2n) is 6.56. The van der Waals surface area contributed by atoms with Gasteiger partial charge < -0.3 is 10.2 Å². The van der Waals surface area contributed by atoms with Crippen molar-refractivity contribution >= 4 is 38.7 Å². The number of nitrogens with zero attached hydrogens (tertiary/aromatic N) is 1. The summed E-state index contributed by atoms with van der Waals surface area (Å²) in [5.74, 6) is -0.433. The predicted octanol–water partition coefficient (Wildman–Crippen LogP) is 3.90. The average molecular weight is 393 g/mol. The van der Waals surface area contributed by atoms with Crippen LogP contribution >= 0.6 is 11.6 Å². The first kappa shape index (κ1) is 18.7. The molecule has 0 bridgehead atoms. The van der Waals surface area contributed by atoms with Crippen molar-refractivity contribution < 1.29 is 13.2 Å². The zero-order valence-electron chi connectivity index (χ0n) is 14.8. The Morgan fingerprint density at radius 2 is 1.81 bits per heavy atom. The van der Waals surface area contributed by atoms with Gasteiger partial charge in [-0.15, -0.1) is 0 Å². The molecule has 1 aliphatic rings. The number of benzene rings is 2. The molecule has 0 radical (unpaired) electrons. The number of carbonyl (C=O) groups is 1. The maximum absolute atomic E-state index is 12.6. The van der Waals surface area contributed by atoms with Crippen LogP contribution in [0.5, 0.6) is 0 Å². The van der Waals surface area contributed by atoms with Crippen molar-refractivity contribution in [1.29, 1.82) is 0 Å². The molecule has 1 aliphatic heterocycles. The third-order valence-electron chi connectivity index (χ3n) is 4.54. The number of nitrogens with one attached hydrogen (secondary N) is 1. The van der Waals surface area contributed by atoms with Gasteiger partial charge >= 0.3 is 0 Å². The molecule has 2 aromatic carbocycles. The van der Waals surface area contributed by atoms with Crippen LogP contribution in [0.25, 0.3) is 0 Å². The Labute approximate surface area is 158 Å². The molecule has 7 heteroatoms. The zero-order valence-corrected chi connectivity index (χ0v) is 16.3. The van der Waals surface area contributed by atoms with E-state index in [9.17, 15) is 13.2 Å². The molecule has 1 heterocycles. The molecule has 138 valence electrons. The van der Waals surface area contributed by atoms with E-state index in [4.69, 9.17) is 11.6 Å². The molecule has 0 spiro atoms. The molecule has 0 aromatic heterocycles. The van der Waals surface area contributed by atoms with E-state index in [0.717, 1.165) is 30.6 Å². The molecule has 1 amide bonds. The summed E-state index contributed by atoms with van der Waals surface area (Å²) in [5, 5.41) is 3.04. The second kappa shape index (κ2) is 7.29. The Morgan fingerprint density at radius 1 is 1.12 bits per heavy atom. The second-order valence-corrected chi connectivity index (χ2v) is 8.98. The lowest BCUT2D eigenvalue weighted by Crippen LogP contribution is -2.18. The van der Waals surface area contributed by atoms with Gasteiger partial charge in [0.25, 0.3) is 5.91 Å². The van der Waals surface area contributed by atoms with Gasteiger partial charge in [-0.05, 0) is 61.7 Å². The fourth-order valence-corrected chi connectivity index (χ4v) is 3.91. The highest BCUT2D eigenvalue weighted by Crippen LogP contribution is 2.27. The lowest BCUT2D eigenvalue weighted by molar-refractivity contribution is 0.102. The van der Waals surface area contributed by atoms with Crippen molar-refractivity contribution in [3.8, 4) is 0 Å². The molecule has 1 saturated heterocycles. The maximum atomic E-state index is 12.6. The van der Waals surface area contributed by atoms with Crippen LogP contribution in [0.15, 0.2) is 41.3 Å². The fourth-order valence-electron chi connectivity index (χ4n) is 3.06. The van der Waals surface area contributed by atoms with Crippen LogP contribution < -0.4 is 10.2 Å². The number of anilines is 2. The van der Waals surface area contributed by atoms with Crippen molar-refractivity contribution in [3.63, 3.8) is 0 Å². The van der Waals surface area contributed by atoms with Crippen LogP contribution in [0.3, 0.4) is 0 Å². The number of aryl methyl sites for hydroxylation is 1. The minimum atomic E-state index is -3.42. The Morgan fingerprint density at radius 3 is 2.42 bits per heavy atom. The van der Waals surface area contributed by atoms with Crippen LogP contribution in [0.4, 0.5) is 11.4 Å². The molecule has 3 rings (SSSR count). The van der Waals surface area contributed by atoms with Gasteiger partial charge in [-0.25, -0.2) is 8.42 Å². The lowest BCUT2D eigenvalue weighted by atomic mass is 10.1. The van der Waals surface area contributed by atoms with E-state index in [-0.39, 0.29) is 15.5 Å². The summed E-state index contributed by atoms with van der Waals surface area (Å²) in [5.41, 5.74) is 2.91. The lowest BCUT2D eigenvalue weighted by Gasteiger charge is -2.19. The smallest absolute Gasteiger partial charge is 0.257 e. The van der Waals surface area contributed by atoms with Crippen LogP contribution in [0.2, 0.25) is 5.02 Å². The van der Waals surface area contributed by atoms with Crippen molar-refractivity contribution in [1.82, 2.24) is 0 Å². The number of hydrogen-bond donors (Lipinski definition) is 1. The first-order valence-corrected chi connectivity index (χ1v) is 10.7. The number of amides is 1. The summed E-state index contributed by atoms with van der Waals surface area (Å²) >= 11 is 6.10. The number of halogens is 1. The van der Waals surface area contributed by atoms with Crippen LogP contribution in [0, 0.1) is 6.92 Å². The van der Waals surface area contributed by atoms with Crippen molar-refractivity contribution in [3.05, 3.63) is 52.5 Å². The molecule has 2 aromatic rings. The van der Waals surface area contributed by atoms with E-state index in [2.05, 4.69) is 16.3 Å². The molecule has 0 aliphatic carbocycles. The van der Waals surface area contributed by atoms with Crippen molar-refractivity contribution in [2.45, 2.75) is 24.7 Å². The van der Waals surface area contributed by atoms with Gasteiger partial charge in [-0.1, -0.05) is 11.6 Å². The van der Waals surface area contributed by atoms with Crippen molar-refractivity contribution in [2.75, 3.05) is 29.6 Å². The predicted molar refractivity (Wildman–Crippen MR) is 105 cm³/mol. The van der Waals surface area contributed by atoms with Gasteiger partial charge in [0.05, 0.1) is 15.5 Å². The Balaban J connectivity index is 1.84. The first-order chi connectivity index (χ1) is 12.3. The van der Waals surface area contributed by atoms with Gasteiger partial charge in [-0.3, -0.25) is 4.79 Å². The summed E-state index contributed by atoms with van der Waals surface area (Å²) in [6.07, 6.45) is 3.50. The quantitative estimate of drug-likeness (QED) is 0.856. The number of sulfone groups is 1. The number of carbonyl (C=O) groups excluding carboxylic acids is 1. The summed E-state index contributed by atoms with van der Waals surface area (Å²) in [7, 11) is -3.42. The van der Waals surface area contributed by atoms with E-state index >= 15 is 0 Å². The van der Waals surface area contributed by atoms with E-state index in [0.29, 0.717) is 5.69 Å². The highest BCUT2D eigenvalue weighted by Gasteiger charge is 2.17. The summed E-state index contributed by atoms with van der Waals surface area (Å²) in [4.78, 5) is 15.0. The summed E-state index contributed by atoms with van der Waals surface area (Å²) in [6.45, 7) is 4.04. The first-order valence-electron chi connectivity index (χ1n) is 8.42. The maximum Gasteiger partial charge on any atom is 0.257 e. The normalized spacial score (nSPS) is 14.5. The van der Waals surface area contributed by atoms with Gasteiger partial charge in [0, 0.05) is 30.7 Å². The van der Waals surface area contributed by atoms with E-state index < -0.39 is 15.7 Å². The monoisotopic (exact) mass is 392 g/mol. The van der Waals surface area contributed by atoms with Crippen LogP contribution in [-0.4, -0.2) is 33.7 Å². The topological polar surface area (TPSA) is 66.5 Å². The highest BCUT2D eigenvalue weighted by molar-refractivity contribution is 7.90. The number of rotatable bonds is 4. The summed E-state index contributed by atoms with van der Waals surface area (Å²) < 4.78 is 23.4. The largest absolute Gasteiger partial charge is 0.372 e. The molecular weight excluding hydrogens is 372 g/mol. The third kappa shape index (κ3) is 4.02. The van der Waals surface area contributed by atoms with E-state index in [1.807, 2.05) is 19.1 Å². The summed E-state index contributed by atoms with van der Waals surface area (Å²) in [6, 6.07) is 10.0. The molecule has 0 atom stereocenters. The van der Waals surface area contributed by atoms with Gasteiger partial charge in [0.1, 0.15) is 0 Å². The Hall–Kier alpha value is -2.05. The SMILES string of the molecule is Cc1cc(N2CCCC2)ccc1NC(=O)c1cc(S(C)(=O)=O)ccc1Cl. The van der Waals surface area contributed by atoms with Crippen molar-refractivity contribution in [2.24, 2.45) is 0 Å². The minimum absolute atomic E-state index is 0.0631. The van der Waals surface area contributed by atoms with Gasteiger partial charge in [-0.2, -0.15) is 0 Å². The van der Waals surface area contributed by atoms with Crippen LogP contribution in [0.1, 0.15) is 28.8 Å². The van der Waals surface area contributed by atoms with E-state index in [1.54, 1.807) is 0 Å². The fraction of sp³-hybridized carbons (Fsp3) is 0.316.